The van der Waals surface area contributed by atoms with Gasteiger partial charge in [-0.05, 0) is 25.7 Å². The van der Waals surface area contributed by atoms with Crippen LogP contribution >= 0.6 is 0 Å². The predicted molar refractivity (Wildman–Crippen MR) is 58.7 cm³/mol. The fraction of sp³-hybridized carbons (Fsp3) is 0.750. The molecule has 1 aliphatic rings. The third-order valence-corrected chi connectivity index (χ3v) is 3.29. The Bertz CT molecular complexity index is 336. The highest BCUT2D eigenvalue weighted by Crippen LogP contribution is 2.30. The molecule has 1 aromatic rings. The lowest BCUT2D eigenvalue weighted by Crippen LogP contribution is -2.14. The second-order valence-corrected chi connectivity index (χ2v) is 4.79. The molecule has 2 heteroatoms. The van der Waals surface area contributed by atoms with E-state index in [0.29, 0.717) is 11.8 Å². The summed E-state index contributed by atoms with van der Waals surface area (Å²) in [5.74, 6) is 2.52. The van der Waals surface area contributed by atoms with Crippen molar-refractivity contribution < 1.29 is 0 Å². The van der Waals surface area contributed by atoms with Gasteiger partial charge in [-0.15, -0.1) is 0 Å². The van der Waals surface area contributed by atoms with Crippen LogP contribution in [0.4, 0.5) is 0 Å². The van der Waals surface area contributed by atoms with Crippen LogP contribution in [0.2, 0.25) is 0 Å². The molecule has 0 bridgehead atoms. The highest BCUT2D eigenvalue weighted by molar-refractivity contribution is 5.21. The number of hydrogen-bond acceptors (Lipinski definition) is 1. The Hall–Kier alpha value is -0.790. The number of aromatic nitrogens is 2. The normalized spacial score (nSPS) is 21.4. The average molecular weight is 192 g/mol. The van der Waals surface area contributed by atoms with Gasteiger partial charge in [-0.1, -0.05) is 20.8 Å². The van der Waals surface area contributed by atoms with Crippen molar-refractivity contribution >= 4 is 0 Å². The average Bonchev–Trinajstić information content (AvgIpc) is 2.46. The maximum Gasteiger partial charge on any atom is 0.112 e. The van der Waals surface area contributed by atoms with Gasteiger partial charge in [0.15, 0.2) is 0 Å². The van der Waals surface area contributed by atoms with Crippen molar-refractivity contribution in [2.24, 2.45) is 0 Å². The van der Waals surface area contributed by atoms with Crippen molar-refractivity contribution in [2.45, 2.75) is 58.9 Å². The van der Waals surface area contributed by atoms with Crippen molar-refractivity contribution in [3.05, 3.63) is 17.2 Å². The Balaban J connectivity index is 2.49. The Morgan fingerprint density at radius 1 is 1.43 bits per heavy atom. The van der Waals surface area contributed by atoms with Gasteiger partial charge in [0.2, 0.25) is 0 Å². The quantitative estimate of drug-likeness (QED) is 0.668. The van der Waals surface area contributed by atoms with E-state index in [1.54, 1.807) is 0 Å². The van der Waals surface area contributed by atoms with Crippen LogP contribution in [0, 0.1) is 6.92 Å². The van der Waals surface area contributed by atoms with Gasteiger partial charge < -0.3 is 4.57 Å². The smallest absolute Gasteiger partial charge is 0.112 e. The minimum atomic E-state index is 0.556. The van der Waals surface area contributed by atoms with Crippen LogP contribution in [0.25, 0.3) is 0 Å². The van der Waals surface area contributed by atoms with Gasteiger partial charge in [-0.2, -0.15) is 0 Å². The van der Waals surface area contributed by atoms with Crippen molar-refractivity contribution in [1.29, 1.82) is 0 Å². The molecule has 0 aromatic carbocycles. The maximum atomic E-state index is 4.79. The number of hydrogen-bond donors (Lipinski definition) is 0. The number of rotatable bonds is 1. The summed E-state index contributed by atoms with van der Waals surface area (Å²) < 4.78 is 2.42. The molecule has 0 spiro atoms. The van der Waals surface area contributed by atoms with Gasteiger partial charge in [-0.25, -0.2) is 4.98 Å². The largest absolute Gasteiger partial charge is 0.332 e. The summed E-state index contributed by atoms with van der Waals surface area (Å²) in [5.41, 5.74) is 2.69. The van der Waals surface area contributed by atoms with E-state index in [1.165, 1.54) is 36.6 Å². The molecule has 0 radical (unpaired) electrons. The van der Waals surface area contributed by atoms with E-state index in [4.69, 9.17) is 4.98 Å². The van der Waals surface area contributed by atoms with E-state index < -0.39 is 0 Å². The summed E-state index contributed by atoms with van der Waals surface area (Å²) in [6.07, 6.45) is 2.61. The van der Waals surface area contributed by atoms with Crippen LogP contribution in [0.1, 0.15) is 62.7 Å². The van der Waals surface area contributed by atoms with Crippen LogP contribution in [0.3, 0.4) is 0 Å². The molecule has 0 saturated heterocycles. The Morgan fingerprint density at radius 3 is 2.71 bits per heavy atom. The highest BCUT2D eigenvalue weighted by atomic mass is 15.1. The molecule has 1 aliphatic heterocycles. The van der Waals surface area contributed by atoms with Gasteiger partial charge in [0.25, 0.3) is 0 Å². The first-order valence-electron chi connectivity index (χ1n) is 5.68. The Morgan fingerprint density at radius 2 is 2.14 bits per heavy atom. The van der Waals surface area contributed by atoms with E-state index in [9.17, 15) is 0 Å². The van der Waals surface area contributed by atoms with Gasteiger partial charge >= 0.3 is 0 Å². The summed E-state index contributed by atoms with van der Waals surface area (Å²) in [7, 11) is 0. The Labute approximate surface area is 86.3 Å². The van der Waals surface area contributed by atoms with Crippen molar-refractivity contribution in [1.82, 2.24) is 9.55 Å². The molecule has 14 heavy (non-hydrogen) atoms. The van der Waals surface area contributed by atoms with Crippen LogP contribution in [-0.2, 0) is 6.54 Å². The van der Waals surface area contributed by atoms with E-state index in [-0.39, 0.29) is 0 Å². The monoisotopic (exact) mass is 192 g/mol. The van der Waals surface area contributed by atoms with Crippen LogP contribution < -0.4 is 0 Å². The van der Waals surface area contributed by atoms with Crippen molar-refractivity contribution in [2.75, 3.05) is 0 Å². The molecule has 0 fully saturated rings. The first-order valence-corrected chi connectivity index (χ1v) is 5.68. The molecule has 2 nitrogen and oxygen atoms in total. The third-order valence-electron chi connectivity index (χ3n) is 3.29. The summed E-state index contributed by atoms with van der Waals surface area (Å²) in [6, 6.07) is 0. The highest BCUT2D eigenvalue weighted by Gasteiger charge is 2.22. The number of nitrogens with zero attached hydrogens (tertiary/aromatic N) is 2. The first-order chi connectivity index (χ1) is 6.61. The van der Waals surface area contributed by atoms with Crippen LogP contribution in [0.5, 0.6) is 0 Å². The van der Waals surface area contributed by atoms with Gasteiger partial charge in [0, 0.05) is 18.2 Å². The van der Waals surface area contributed by atoms with E-state index in [2.05, 4.69) is 32.3 Å². The minimum absolute atomic E-state index is 0.556. The molecule has 1 aromatic heterocycles. The summed E-state index contributed by atoms with van der Waals surface area (Å²) in [4.78, 5) is 4.79. The fourth-order valence-corrected chi connectivity index (χ4v) is 2.46. The molecule has 0 amide bonds. The molecule has 0 N–H and O–H groups in total. The summed E-state index contributed by atoms with van der Waals surface area (Å²) in [6.45, 7) is 10.1. The molecular weight excluding hydrogens is 172 g/mol. The minimum Gasteiger partial charge on any atom is -0.332 e. The van der Waals surface area contributed by atoms with Crippen molar-refractivity contribution in [3.8, 4) is 0 Å². The SMILES string of the molecule is Cc1c(C(C)C)nc2n1CCCC2C. The van der Waals surface area contributed by atoms with Gasteiger partial charge in [0.05, 0.1) is 5.69 Å². The lowest BCUT2D eigenvalue weighted by Gasteiger charge is -2.20. The maximum absolute atomic E-state index is 4.79. The molecule has 0 saturated carbocycles. The van der Waals surface area contributed by atoms with Crippen molar-refractivity contribution in [3.63, 3.8) is 0 Å². The first kappa shape index (κ1) is 9.75. The molecule has 1 unspecified atom stereocenters. The van der Waals surface area contributed by atoms with E-state index >= 15 is 0 Å². The lowest BCUT2D eigenvalue weighted by molar-refractivity contribution is 0.458. The topological polar surface area (TPSA) is 17.8 Å². The zero-order valence-electron chi connectivity index (χ0n) is 9.67. The van der Waals surface area contributed by atoms with E-state index in [0.717, 1.165) is 0 Å². The molecule has 0 aliphatic carbocycles. The molecule has 1 atom stereocenters. The zero-order chi connectivity index (χ0) is 10.3. The van der Waals surface area contributed by atoms with Crippen LogP contribution in [0.15, 0.2) is 0 Å². The predicted octanol–water partition coefficient (Wildman–Crippen LogP) is 3.21. The molecule has 2 heterocycles. The second-order valence-electron chi connectivity index (χ2n) is 4.79. The molecular formula is C12H20N2. The zero-order valence-corrected chi connectivity index (χ0v) is 9.67. The molecule has 2 rings (SSSR count). The summed E-state index contributed by atoms with van der Waals surface area (Å²) >= 11 is 0. The number of fused-ring (bicyclic) bond motifs is 1. The third kappa shape index (κ3) is 1.37. The summed E-state index contributed by atoms with van der Waals surface area (Å²) in [5, 5.41) is 0. The van der Waals surface area contributed by atoms with E-state index in [1.807, 2.05) is 0 Å². The van der Waals surface area contributed by atoms with Gasteiger partial charge in [-0.3, -0.25) is 0 Å². The van der Waals surface area contributed by atoms with Gasteiger partial charge in [0.1, 0.15) is 5.82 Å². The standard InChI is InChI=1S/C12H20N2/c1-8(2)11-10(4)14-7-5-6-9(3)12(14)13-11/h8-9H,5-7H2,1-4H3. The molecule has 78 valence electrons. The Kier molecular flexibility index (Phi) is 2.38. The second kappa shape index (κ2) is 3.41. The van der Waals surface area contributed by atoms with Crippen LogP contribution in [-0.4, -0.2) is 9.55 Å². The number of imidazole rings is 1. The lowest BCUT2D eigenvalue weighted by atomic mass is 10.0. The fourth-order valence-electron chi connectivity index (χ4n) is 2.46.